The monoisotopic (exact) mass is 280 g/mol. The molecule has 0 spiro atoms. The predicted molar refractivity (Wildman–Crippen MR) is 84.2 cm³/mol. The van der Waals surface area contributed by atoms with E-state index >= 15 is 0 Å². The van der Waals surface area contributed by atoms with E-state index < -0.39 is 0 Å². The summed E-state index contributed by atoms with van der Waals surface area (Å²) in [6, 6.07) is 17.2. The Kier molecular flexibility index (Phi) is 2.83. The first-order valence-corrected chi connectivity index (χ1v) is 7.75. The predicted octanol–water partition coefficient (Wildman–Crippen LogP) is 3.87. The normalized spacial score (nSPS) is 19.1. The van der Waals surface area contributed by atoms with Crippen LogP contribution < -0.4 is 0 Å². The summed E-state index contributed by atoms with van der Waals surface area (Å²) >= 11 is 1.83. The van der Waals surface area contributed by atoms with Crippen LogP contribution in [-0.4, -0.2) is 23.5 Å². The summed E-state index contributed by atoms with van der Waals surface area (Å²) in [6.45, 7) is 2.09. The Balaban J connectivity index is 1.85. The molecule has 0 aliphatic carbocycles. The minimum absolute atomic E-state index is 0.405. The van der Waals surface area contributed by atoms with Crippen molar-refractivity contribution in [3.63, 3.8) is 0 Å². The van der Waals surface area contributed by atoms with Crippen molar-refractivity contribution in [3.8, 4) is 0 Å². The van der Waals surface area contributed by atoms with Crippen molar-refractivity contribution in [1.29, 1.82) is 0 Å². The Bertz CT molecular complexity index is 729. The first kappa shape index (κ1) is 12.1. The zero-order chi connectivity index (χ0) is 13.5. The number of likely N-dealkylation sites (N-methyl/N-ethyl adjacent to an activating group) is 1. The molecule has 3 heteroatoms. The van der Waals surface area contributed by atoms with Gasteiger partial charge in [-0.3, -0.25) is 0 Å². The summed E-state index contributed by atoms with van der Waals surface area (Å²) < 4.78 is 1.29. The average Bonchev–Trinajstić information content (AvgIpc) is 2.90. The lowest BCUT2D eigenvalue weighted by Crippen LogP contribution is -2.30. The lowest BCUT2D eigenvalue weighted by molar-refractivity contribution is 0.295. The number of para-hydroxylation sites is 1. The standard InChI is InChI=1S/C17H16N2S/c1-19-10-12-6-2-3-7-13(12)14(11-19)17-18-15-8-4-5-9-16(15)20-17/h2-9,14H,10-11H2,1H3. The minimum Gasteiger partial charge on any atom is -0.301 e. The van der Waals surface area contributed by atoms with Crippen LogP contribution >= 0.6 is 11.3 Å². The van der Waals surface area contributed by atoms with Gasteiger partial charge >= 0.3 is 0 Å². The van der Waals surface area contributed by atoms with Crippen molar-refractivity contribution < 1.29 is 0 Å². The second-order valence-corrected chi connectivity index (χ2v) is 6.53. The third kappa shape index (κ3) is 1.94. The number of hydrogen-bond acceptors (Lipinski definition) is 3. The molecule has 1 aliphatic heterocycles. The zero-order valence-corrected chi connectivity index (χ0v) is 12.2. The zero-order valence-electron chi connectivity index (χ0n) is 11.4. The van der Waals surface area contributed by atoms with E-state index in [0.29, 0.717) is 5.92 Å². The fraction of sp³-hybridized carbons (Fsp3) is 0.235. The highest BCUT2D eigenvalue weighted by atomic mass is 32.1. The number of nitrogens with zero attached hydrogens (tertiary/aromatic N) is 2. The average molecular weight is 280 g/mol. The molecule has 0 radical (unpaired) electrons. The maximum Gasteiger partial charge on any atom is 0.103 e. The van der Waals surface area contributed by atoms with E-state index in [9.17, 15) is 0 Å². The van der Waals surface area contributed by atoms with Gasteiger partial charge in [-0.2, -0.15) is 0 Å². The van der Waals surface area contributed by atoms with Crippen LogP contribution in [-0.2, 0) is 6.54 Å². The molecule has 1 aromatic heterocycles. The van der Waals surface area contributed by atoms with Crippen LogP contribution in [0.4, 0.5) is 0 Å². The number of hydrogen-bond donors (Lipinski definition) is 0. The highest BCUT2D eigenvalue weighted by Gasteiger charge is 2.26. The molecule has 2 nitrogen and oxygen atoms in total. The summed E-state index contributed by atoms with van der Waals surface area (Å²) in [4.78, 5) is 7.25. The Labute approximate surface area is 122 Å². The summed E-state index contributed by atoms with van der Waals surface area (Å²) in [5.74, 6) is 0.405. The van der Waals surface area contributed by atoms with Gasteiger partial charge < -0.3 is 4.90 Å². The van der Waals surface area contributed by atoms with Gasteiger partial charge in [0.2, 0.25) is 0 Å². The number of benzene rings is 2. The second-order valence-electron chi connectivity index (χ2n) is 5.47. The van der Waals surface area contributed by atoms with Gasteiger partial charge in [0, 0.05) is 19.0 Å². The molecule has 0 fully saturated rings. The molecule has 3 aromatic rings. The van der Waals surface area contributed by atoms with E-state index in [1.54, 1.807) is 0 Å². The van der Waals surface area contributed by atoms with Crippen molar-refractivity contribution in [2.75, 3.05) is 13.6 Å². The molecule has 1 aliphatic rings. The van der Waals surface area contributed by atoms with Gasteiger partial charge in [0.25, 0.3) is 0 Å². The molecule has 0 saturated heterocycles. The first-order valence-electron chi connectivity index (χ1n) is 6.93. The molecule has 1 atom stereocenters. The van der Waals surface area contributed by atoms with Gasteiger partial charge in [-0.15, -0.1) is 11.3 Å². The van der Waals surface area contributed by atoms with Crippen molar-refractivity contribution in [3.05, 3.63) is 64.7 Å². The summed E-state index contributed by atoms with van der Waals surface area (Å²) in [7, 11) is 2.19. The number of rotatable bonds is 1. The smallest absolute Gasteiger partial charge is 0.103 e. The van der Waals surface area contributed by atoms with Crippen LogP contribution in [0.25, 0.3) is 10.2 Å². The van der Waals surface area contributed by atoms with Gasteiger partial charge in [-0.05, 0) is 30.3 Å². The molecule has 0 amide bonds. The topological polar surface area (TPSA) is 16.1 Å². The quantitative estimate of drug-likeness (QED) is 0.672. The molecule has 0 saturated carbocycles. The third-order valence-corrected chi connectivity index (χ3v) is 5.12. The molecule has 2 heterocycles. The number of fused-ring (bicyclic) bond motifs is 2. The van der Waals surface area contributed by atoms with E-state index in [4.69, 9.17) is 4.98 Å². The maximum atomic E-state index is 4.86. The lowest BCUT2D eigenvalue weighted by Gasteiger charge is -2.31. The molecular formula is C17H16N2S. The molecule has 1 unspecified atom stereocenters. The molecular weight excluding hydrogens is 264 g/mol. The lowest BCUT2D eigenvalue weighted by atomic mass is 9.90. The van der Waals surface area contributed by atoms with Crippen LogP contribution in [0.15, 0.2) is 48.5 Å². The van der Waals surface area contributed by atoms with Crippen LogP contribution in [0.1, 0.15) is 22.1 Å². The Morgan fingerprint density at radius 2 is 1.90 bits per heavy atom. The largest absolute Gasteiger partial charge is 0.301 e. The number of aromatic nitrogens is 1. The van der Waals surface area contributed by atoms with E-state index in [-0.39, 0.29) is 0 Å². The van der Waals surface area contributed by atoms with Gasteiger partial charge in [0.05, 0.1) is 10.2 Å². The van der Waals surface area contributed by atoms with E-state index in [2.05, 4.69) is 60.5 Å². The fourth-order valence-corrected chi connectivity index (χ4v) is 4.11. The Hall–Kier alpha value is -1.71. The fourth-order valence-electron chi connectivity index (χ4n) is 3.03. The van der Waals surface area contributed by atoms with Crippen LogP contribution in [0.5, 0.6) is 0 Å². The van der Waals surface area contributed by atoms with Crippen molar-refractivity contribution >= 4 is 21.6 Å². The summed E-state index contributed by atoms with van der Waals surface area (Å²) in [5.41, 5.74) is 4.01. The van der Waals surface area contributed by atoms with E-state index in [0.717, 1.165) is 18.6 Å². The van der Waals surface area contributed by atoms with Gasteiger partial charge in [-0.1, -0.05) is 36.4 Å². The summed E-state index contributed by atoms with van der Waals surface area (Å²) in [5, 5.41) is 1.24. The van der Waals surface area contributed by atoms with Gasteiger partial charge in [-0.25, -0.2) is 4.98 Å². The third-order valence-electron chi connectivity index (χ3n) is 3.97. The Morgan fingerprint density at radius 3 is 2.80 bits per heavy atom. The first-order chi connectivity index (χ1) is 9.81. The highest BCUT2D eigenvalue weighted by Crippen LogP contribution is 2.36. The van der Waals surface area contributed by atoms with Crippen LogP contribution in [0.2, 0.25) is 0 Å². The number of thiazole rings is 1. The van der Waals surface area contributed by atoms with Gasteiger partial charge in [0.15, 0.2) is 0 Å². The second kappa shape index (κ2) is 4.69. The SMILES string of the molecule is CN1Cc2ccccc2C(c2nc3ccccc3s2)C1. The minimum atomic E-state index is 0.405. The molecule has 20 heavy (non-hydrogen) atoms. The van der Waals surface area contributed by atoms with Crippen LogP contribution in [0, 0.1) is 0 Å². The Morgan fingerprint density at radius 1 is 1.10 bits per heavy atom. The van der Waals surface area contributed by atoms with Crippen molar-refractivity contribution in [1.82, 2.24) is 9.88 Å². The maximum absolute atomic E-state index is 4.86. The molecule has 0 bridgehead atoms. The molecule has 0 N–H and O–H groups in total. The van der Waals surface area contributed by atoms with Crippen molar-refractivity contribution in [2.45, 2.75) is 12.5 Å². The van der Waals surface area contributed by atoms with Gasteiger partial charge in [0.1, 0.15) is 5.01 Å². The van der Waals surface area contributed by atoms with E-state index in [1.165, 1.54) is 20.8 Å². The van der Waals surface area contributed by atoms with Crippen LogP contribution in [0.3, 0.4) is 0 Å². The summed E-state index contributed by atoms with van der Waals surface area (Å²) in [6.07, 6.45) is 0. The molecule has 2 aromatic carbocycles. The molecule has 4 rings (SSSR count). The van der Waals surface area contributed by atoms with E-state index in [1.807, 2.05) is 11.3 Å². The molecule has 100 valence electrons. The van der Waals surface area contributed by atoms with Crippen molar-refractivity contribution in [2.24, 2.45) is 0 Å². The highest BCUT2D eigenvalue weighted by molar-refractivity contribution is 7.18.